The number of nitrogens with one attached hydrogen (secondary N) is 1. The predicted octanol–water partition coefficient (Wildman–Crippen LogP) is 4.60. The first-order chi connectivity index (χ1) is 11.8. The molecule has 3 heteroatoms. The number of amides is 1. The van der Waals surface area contributed by atoms with E-state index in [0.29, 0.717) is 13.2 Å². The summed E-state index contributed by atoms with van der Waals surface area (Å²) < 4.78 is 4.40. The Morgan fingerprint density at radius 3 is 2.46 bits per heavy atom. The van der Waals surface area contributed by atoms with E-state index in [-0.39, 0.29) is 6.09 Å². The first-order valence-electron chi connectivity index (χ1n) is 8.66. The molecule has 0 radical (unpaired) electrons. The smallest absolute Gasteiger partial charge is 0.407 e. The first-order valence-corrected chi connectivity index (χ1v) is 8.66. The fourth-order valence-corrected chi connectivity index (χ4v) is 3.69. The van der Waals surface area contributed by atoms with Crippen LogP contribution in [0, 0.1) is 0 Å². The van der Waals surface area contributed by atoms with Crippen LogP contribution in [0.2, 0.25) is 0 Å². The van der Waals surface area contributed by atoms with Gasteiger partial charge in [0.25, 0.3) is 0 Å². The van der Waals surface area contributed by atoms with Gasteiger partial charge in [-0.3, -0.25) is 0 Å². The zero-order valence-corrected chi connectivity index (χ0v) is 13.7. The Morgan fingerprint density at radius 2 is 1.67 bits per heavy atom. The molecule has 1 heterocycles. The van der Waals surface area contributed by atoms with E-state index in [1.165, 1.54) is 47.2 Å². The van der Waals surface area contributed by atoms with Crippen LogP contribution in [0.4, 0.5) is 4.79 Å². The number of cyclic esters (lactones) is 1. The molecule has 1 amide bonds. The molecular formula is C21H21NO2. The second-order valence-electron chi connectivity index (χ2n) is 6.35. The van der Waals surface area contributed by atoms with Gasteiger partial charge in [-0.2, -0.15) is 0 Å². The highest BCUT2D eigenvalue weighted by Gasteiger charge is 2.13. The Hall–Kier alpha value is -2.55. The second kappa shape index (κ2) is 6.52. The Kier molecular flexibility index (Phi) is 4.08. The lowest BCUT2D eigenvalue weighted by Crippen LogP contribution is -2.11. The lowest BCUT2D eigenvalue weighted by molar-refractivity contribution is 0.178. The third kappa shape index (κ3) is 2.82. The number of carbonyl (C=O) groups excluding carboxylic acids is 1. The highest BCUT2D eigenvalue weighted by molar-refractivity contribution is 6.08. The number of fused-ring (bicyclic) bond motifs is 5. The maximum absolute atomic E-state index is 9.91. The van der Waals surface area contributed by atoms with Crippen LogP contribution in [0.3, 0.4) is 0 Å². The van der Waals surface area contributed by atoms with Gasteiger partial charge in [0.15, 0.2) is 0 Å². The molecule has 122 valence electrons. The molecule has 1 aliphatic carbocycles. The van der Waals surface area contributed by atoms with Gasteiger partial charge < -0.3 is 10.1 Å². The van der Waals surface area contributed by atoms with Crippen molar-refractivity contribution in [3.8, 4) is 0 Å². The topological polar surface area (TPSA) is 38.3 Å². The van der Waals surface area contributed by atoms with E-state index < -0.39 is 0 Å². The van der Waals surface area contributed by atoms with Gasteiger partial charge in [0, 0.05) is 0 Å². The quantitative estimate of drug-likeness (QED) is 0.615. The third-order valence-corrected chi connectivity index (χ3v) is 4.86. The van der Waals surface area contributed by atoms with Gasteiger partial charge in [0.2, 0.25) is 0 Å². The summed E-state index contributed by atoms with van der Waals surface area (Å²) in [5.74, 6) is 0. The molecule has 3 aromatic rings. The lowest BCUT2D eigenvalue weighted by atomic mass is 9.86. The first kappa shape index (κ1) is 15.0. The Morgan fingerprint density at radius 1 is 0.833 bits per heavy atom. The number of alkyl carbamates (subject to hydrolysis) is 1. The Labute approximate surface area is 141 Å². The van der Waals surface area contributed by atoms with E-state index in [1.807, 2.05) is 0 Å². The minimum absolute atomic E-state index is 0.296. The fraction of sp³-hybridized carbons (Fsp3) is 0.286. The van der Waals surface area contributed by atoms with Crippen LogP contribution < -0.4 is 5.32 Å². The minimum Gasteiger partial charge on any atom is -0.448 e. The molecule has 24 heavy (non-hydrogen) atoms. The van der Waals surface area contributed by atoms with Gasteiger partial charge in [-0.05, 0) is 58.4 Å². The molecule has 0 bridgehead atoms. The molecule has 2 aliphatic rings. The highest BCUT2D eigenvalue weighted by atomic mass is 16.6. The summed E-state index contributed by atoms with van der Waals surface area (Å²) >= 11 is 0. The summed E-state index contributed by atoms with van der Waals surface area (Å²) in [4.78, 5) is 9.91. The molecule has 0 aromatic heterocycles. The summed E-state index contributed by atoms with van der Waals surface area (Å²) in [6.07, 6.45) is 4.92. The molecule has 1 fully saturated rings. The lowest BCUT2D eigenvalue weighted by Gasteiger charge is -2.18. The number of ether oxygens (including phenoxy) is 1. The van der Waals surface area contributed by atoms with E-state index >= 15 is 0 Å². The predicted molar refractivity (Wildman–Crippen MR) is 97.4 cm³/mol. The van der Waals surface area contributed by atoms with Gasteiger partial charge in [-0.15, -0.1) is 0 Å². The molecule has 1 N–H and O–H groups in total. The summed E-state index contributed by atoms with van der Waals surface area (Å²) in [5.41, 5.74) is 3.17. The van der Waals surface area contributed by atoms with Gasteiger partial charge in [-0.25, -0.2) is 4.79 Å². The average molecular weight is 319 g/mol. The molecule has 0 saturated carbocycles. The van der Waals surface area contributed by atoms with Crippen LogP contribution in [-0.2, 0) is 17.6 Å². The molecule has 1 saturated heterocycles. The molecule has 5 rings (SSSR count). The molecule has 3 nitrogen and oxygen atoms in total. The van der Waals surface area contributed by atoms with Crippen molar-refractivity contribution in [1.82, 2.24) is 5.32 Å². The molecule has 1 aliphatic heterocycles. The SMILES string of the molecule is O=C1NCCO1.c1ccc2c(c1)ccc1c3c(ccc12)CCCC3. The standard InChI is InChI=1S/C18H16.C3H5NO2/c1-3-7-15-13(5-1)9-11-18-16-8-4-2-6-14(16)10-12-17(15)18;5-3-4-1-2-6-3/h1,3,5,7,9-12H,2,4,6,8H2;1-2H2,(H,4,5). The number of aryl methyl sites for hydroxylation is 2. The minimum atomic E-state index is -0.296. The van der Waals surface area contributed by atoms with E-state index in [2.05, 4.69) is 58.6 Å². The summed E-state index contributed by atoms with van der Waals surface area (Å²) in [7, 11) is 0. The summed E-state index contributed by atoms with van der Waals surface area (Å²) in [5, 5.41) is 8.10. The number of hydrogen-bond acceptors (Lipinski definition) is 2. The molecule has 0 unspecified atom stereocenters. The maximum atomic E-state index is 9.91. The van der Waals surface area contributed by atoms with Gasteiger partial charge >= 0.3 is 6.09 Å². The monoisotopic (exact) mass is 319 g/mol. The van der Waals surface area contributed by atoms with Crippen molar-refractivity contribution in [3.05, 3.63) is 59.7 Å². The van der Waals surface area contributed by atoms with Gasteiger partial charge in [-0.1, -0.05) is 48.5 Å². The highest BCUT2D eigenvalue weighted by Crippen LogP contribution is 2.33. The normalized spacial score (nSPS) is 16.1. The van der Waals surface area contributed by atoms with Crippen LogP contribution in [0.5, 0.6) is 0 Å². The van der Waals surface area contributed by atoms with E-state index in [1.54, 1.807) is 11.1 Å². The van der Waals surface area contributed by atoms with Gasteiger partial charge in [0.1, 0.15) is 6.61 Å². The van der Waals surface area contributed by atoms with Crippen LogP contribution in [0.1, 0.15) is 24.0 Å². The van der Waals surface area contributed by atoms with Crippen molar-refractivity contribution in [3.63, 3.8) is 0 Å². The molecule has 0 spiro atoms. The fourth-order valence-electron chi connectivity index (χ4n) is 3.69. The largest absolute Gasteiger partial charge is 0.448 e. The maximum Gasteiger partial charge on any atom is 0.407 e. The number of carbonyl (C=O) groups is 1. The van der Waals surface area contributed by atoms with Crippen LogP contribution in [-0.4, -0.2) is 19.2 Å². The van der Waals surface area contributed by atoms with Crippen molar-refractivity contribution in [2.45, 2.75) is 25.7 Å². The molecule has 3 aromatic carbocycles. The zero-order chi connectivity index (χ0) is 16.4. The van der Waals surface area contributed by atoms with Crippen molar-refractivity contribution in [2.75, 3.05) is 13.2 Å². The van der Waals surface area contributed by atoms with Gasteiger partial charge in [0.05, 0.1) is 6.54 Å². The Balaban J connectivity index is 0.000000207. The van der Waals surface area contributed by atoms with Crippen molar-refractivity contribution in [2.24, 2.45) is 0 Å². The Bertz CT molecular complexity index is 893. The average Bonchev–Trinajstić information content (AvgIpc) is 3.12. The van der Waals surface area contributed by atoms with Crippen LogP contribution in [0.25, 0.3) is 21.5 Å². The van der Waals surface area contributed by atoms with Crippen molar-refractivity contribution < 1.29 is 9.53 Å². The summed E-state index contributed by atoms with van der Waals surface area (Å²) in [6, 6.07) is 18.0. The number of rotatable bonds is 0. The summed E-state index contributed by atoms with van der Waals surface area (Å²) in [6.45, 7) is 1.19. The van der Waals surface area contributed by atoms with Crippen LogP contribution >= 0.6 is 0 Å². The van der Waals surface area contributed by atoms with Crippen molar-refractivity contribution >= 4 is 27.6 Å². The van der Waals surface area contributed by atoms with Crippen LogP contribution in [0.15, 0.2) is 48.5 Å². The molecule has 0 atom stereocenters. The van der Waals surface area contributed by atoms with Crippen molar-refractivity contribution in [1.29, 1.82) is 0 Å². The molecular weight excluding hydrogens is 298 g/mol. The van der Waals surface area contributed by atoms with E-state index in [9.17, 15) is 4.79 Å². The van der Waals surface area contributed by atoms with E-state index in [0.717, 1.165) is 0 Å². The number of benzene rings is 3. The third-order valence-electron chi connectivity index (χ3n) is 4.86. The zero-order valence-electron chi connectivity index (χ0n) is 13.7. The number of hydrogen-bond donors (Lipinski definition) is 1. The second-order valence-corrected chi connectivity index (χ2v) is 6.35. The van der Waals surface area contributed by atoms with E-state index in [4.69, 9.17) is 0 Å².